The van der Waals surface area contributed by atoms with Gasteiger partial charge in [-0.15, -0.1) is 6.58 Å². The Labute approximate surface area is 84.5 Å². The second-order valence-electron chi connectivity index (χ2n) is 3.19. The molecule has 1 aromatic heterocycles. The molecule has 0 aliphatic rings. The molecule has 13 heavy (non-hydrogen) atoms. The molecule has 0 saturated heterocycles. The Morgan fingerprint density at radius 1 is 1.54 bits per heavy atom. The molecule has 0 unspecified atom stereocenters. The average Bonchev–Trinajstić information content (AvgIpc) is 2.52. The topological polar surface area (TPSA) is 12.0 Å². The van der Waals surface area contributed by atoms with Gasteiger partial charge < -0.3 is 5.32 Å². The fourth-order valence-corrected chi connectivity index (χ4v) is 2.02. The molecule has 1 rings (SSSR count). The molecule has 72 valence electrons. The molecule has 2 heteroatoms. The fraction of sp³-hybridized carbons (Fsp3) is 0.455. The van der Waals surface area contributed by atoms with Crippen LogP contribution in [-0.4, -0.2) is 6.54 Å². The van der Waals surface area contributed by atoms with Crippen LogP contribution < -0.4 is 5.32 Å². The second-order valence-corrected chi connectivity index (χ2v) is 3.93. The van der Waals surface area contributed by atoms with Crippen LogP contribution in [0.2, 0.25) is 0 Å². The summed E-state index contributed by atoms with van der Waals surface area (Å²) in [7, 11) is 0. The van der Waals surface area contributed by atoms with Gasteiger partial charge in [0.05, 0.1) is 0 Å². The first-order valence-electron chi connectivity index (χ1n) is 4.68. The molecule has 1 N–H and O–H groups in total. The van der Waals surface area contributed by atoms with E-state index in [0.717, 1.165) is 19.5 Å². The van der Waals surface area contributed by atoms with Gasteiger partial charge in [-0.05, 0) is 48.2 Å². The number of unbranched alkanes of at least 4 members (excludes halogenated alkanes) is 1. The minimum Gasteiger partial charge on any atom is -0.313 e. The molecule has 1 heterocycles. The van der Waals surface area contributed by atoms with Crippen LogP contribution >= 0.6 is 11.3 Å². The fourth-order valence-electron chi connectivity index (χ4n) is 1.16. The first kappa shape index (κ1) is 10.5. The Balaban J connectivity index is 2.13. The van der Waals surface area contributed by atoms with Gasteiger partial charge in [0, 0.05) is 6.54 Å². The van der Waals surface area contributed by atoms with Gasteiger partial charge in [0.25, 0.3) is 0 Å². The van der Waals surface area contributed by atoms with Crippen LogP contribution in [-0.2, 0) is 6.54 Å². The zero-order chi connectivity index (χ0) is 9.52. The van der Waals surface area contributed by atoms with Gasteiger partial charge >= 0.3 is 0 Å². The van der Waals surface area contributed by atoms with Crippen molar-refractivity contribution >= 4 is 11.3 Å². The highest BCUT2D eigenvalue weighted by Gasteiger charge is 1.96. The lowest BCUT2D eigenvalue weighted by atomic mass is 10.2. The summed E-state index contributed by atoms with van der Waals surface area (Å²) < 4.78 is 0. The summed E-state index contributed by atoms with van der Waals surface area (Å²) in [5.74, 6) is 0. The van der Waals surface area contributed by atoms with Crippen LogP contribution in [0, 0.1) is 6.92 Å². The SMILES string of the molecule is C=CCCCNCc1cscc1C. The van der Waals surface area contributed by atoms with Crippen LogP contribution in [0.1, 0.15) is 24.0 Å². The van der Waals surface area contributed by atoms with E-state index in [1.807, 2.05) is 6.08 Å². The Morgan fingerprint density at radius 3 is 3.00 bits per heavy atom. The molecule has 0 aliphatic carbocycles. The second kappa shape index (κ2) is 5.95. The van der Waals surface area contributed by atoms with Crippen LogP contribution in [0.3, 0.4) is 0 Å². The summed E-state index contributed by atoms with van der Waals surface area (Å²) in [6.45, 7) is 7.95. The number of aryl methyl sites for hydroxylation is 1. The predicted molar refractivity (Wildman–Crippen MR) is 60.2 cm³/mol. The molecule has 0 saturated carbocycles. The van der Waals surface area contributed by atoms with Crippen molar-refractivity contribution in [3.8, 4) is 0 Å². The Hall–Kier alpha value is -0.600. The van der Waals surface area contributed by atoms with Crippen LogP contribution in [0.5, 0.6) is 0 Å². The van der Waals surface area contributed by atoms with Gasteiger partial charge in [-0.2, -0.15) is 11.3 Å². The summed E-state index contributed by atoms with van der Waals surface area (Å²) in [4.78, 5) is 0. The molecule has 0 amide bonds. The van der Waals surface area contributed by atoms with E-state index in [4.69, 9.17) is 0 Å². The molecular formula is C11H17NS. The number of thiophene rings is 1. The third kappa shape index (κ3) is 3.75. The zero-order valence-electron chi connectivity index (χ0n) is 8.18. The summed E-state index contributed by atoms with van der Waals surface area (Å²) in [5, 5.41) is 7.84. The molecule has 0 aromatic carbocycles. The number of hydrogen-bond donors (Lipinski definition) is 1. The van der Waals surface area contributed by atoms with E-state index in [-0.39, 0.29) is 0 Å². The van der Waals surface area contributed by atoms with Crippen LogP contribution in [0.25, 0.3) is 0 Å². The van der Waals surface area contributed by atoms with Crippen molar-refractivity contribution in [2.75, 3.05) is 6.54 Å². The largest absolute Gasteiger partial charge is 0.313 e. The molecule has 1 nitrogen and oxygen atoms in total. The minimum absolute atomic E-state index is 1.01. The Kier molecular flexibility index (Phi) is 4.79. The lowest BCUT2D eigenvalue weighted by Crippen LogP contribution is -2.14. The molecule has 0 atom stereocenters. The maximum atomic E-state index is 3.70. The highest BCUT2D eigenvalue weighted by atomic mass is 32.1. The number of hydrogen-bond acceptors (Lipinski definition) is 2. The highest BCUT2D eigenvalue weighted by Crippen LogP contribution is 2.12. The molecular weight excluding hydrogens is 178 g/mol. The summed E-state index contributed by atoms with van der Waals surface area (Å²) in [6, 6.07) is 0. The van der Waals surface area contributed by atoms with Crippen molar-refractivity contribution in [3.63, 3.8) is 0 Å². The van der Waals surface area contributed by atoms with Gasteiger partial charge in [-0.25, -0.2) is 0 Å². The average molecular weight is 195 g/mol. The van der Waals surface area contributed by atoms with E-state index in [0.29, 0.717) is 0 Å². The van der Waals surface area contributed by atoms with Gasteiger partial charge in [-0.3, -0.25) is 0 Å². The summed E-state index contributed by atoms with van der Waals surface area (Å²) in [6.07, 6.45) is 4.26. The molecule has 1 aromatic rings. The first-order valence-corrected chi connectivity index (χ1v) is 5.62. The van der Waals surface area contributed by atoms with Crippen molar-refractivity contribution < 1.29 is 0 Å². The van der Waals surface area contributed by atoms with E-state index in [2.05, 4.69) is 29.6 Å². The third-order valence-corrected chi connectivity index (χ3v) is 2.95. The molecule has 0 aliphatic heterocycles. The van der Waals surface area contributed by atoms with E-state index in [9.17, 15) is 0 Å². The molecule has 0 fully saturated rings. The monoisotopic (exact) mass is 195 g/mol. The van der Waals surface area contributed by atoms with E-state index in [1.165, 1.54) is 17.5 Å². The van der Waals surface area contributed by atoms with Crippen LogP contribution in [0.4, 0.5) is 0 Å². The standard InChI is InChI=1S/C11H17NS/c1-3-4-5-6-12-7-11-9-13-8-10(11)2/h3,8-9,12H,1,4-7H2,2H3. The Bertz CT molecular complexity index is 252. The highest BCUT2D eigenvalue weighted by molar-refractivity contribution is 7.08. The molecule has 0 bridgehead atoms. The molecule has 0 radical (unpaired) electrons. The number of allylic oxidation sites excluding steroid dienone is 1. The van der Waals surface area contributed by atoms with Crippen molar-refractivity contribution in [1.82, 2.24) is 5.32 Å². The lowest BCUT2D eigenvalue weighted by Gasteiger charge is -2.02. The lowest BCUT2D eigenvalue weighted by molar-refractivity contribution is 0.655. The normalized spacial score (nSPS) is 10.2. The van der Waals surface area contributed by atoms with E-state index < -0.39 is 0 Å². The van der Waals surface area contributed by atoms with Crippen molar-refractivity contribution in [3.05, 3.63) is 34.5 Å². The van der Waals surface area contributed by atoms with Gasteiger partial charge in [0.15, 0.2) is 0 Å². The Morgan fingerprint density at radius 2 is 2.38 bits per heavy atom. The van der Waals surface area contributed by atoms with Gasteiger partial charge in [-0.1, -0.05) is 6.08 Å². The number of nitrogens with one attached hydrogen (secondary N) is 1. The van der Waals surface area contributed by atoms with Crippen molar-refractivity contribution in [1.29, 1.82) is 0 Å². The maximum Gasteiger partial charge on any atom is 0.0216 e. The van der Waals surface area contributed by atoms with Gasteiger partial charge in [0.2, 0.25) is 0 Å². The van der Waals surface area contributed by atoms with Crippen LogP contribution in [0.15, 0.2) is 23.4 Å². The third-order valence-electron chi connectivity index (χ3n) is 2.04. The van der Waals surface area contributed by atoms with Gasteiger partial charge in [0.1, 0.15) is 0 Å². The summed E-state index contributed by atoms with van der Waals surface area (Å²) >= 11 is 1.78. The van der Waals surface area contributed by atoms with Crippen molar-refractivity contribution in [2.24, 2.45) is 0 Å². The van der Waals surface area contributed by atoms with E-state index >= 15 is 0 Å². The quantitative estimate of drug-likeness (QED) is 0.543. The maximum absolute atomic E-state index is 3.70. The smallest absolute Gasteiger partial charge is 0.0216 e. The number of rotatable bonds is 6. The predicted octanol–water partition coefficient (Wildman–Crippen LogP) is 3.11. The van der Waals surface area contributed by atoms with Crippen molar-refractivity contribution in [2.45, 2.75) is 26.3 Å². The first-order chi connectivity index (χ1) is 6.34. The summed E-state index contributed by atoms with van der Waals surface area (Å²) in [5.41, 5.74) is 2.84. The molecule has 0 spiro atoms. The minimum atomic E-state index is 1.01. The van der Waals surface area contributed by atoms with E-state index in [1.54, 1.807) is 11.3 Å². The zero-order valence-corrected chi connectivity index (χ0v) is 8.99.